The number of fused-ring (bicyclic) bond motifs is 1. The van der Waals surface area contributed by atoms with Crippen LogP contribution in [-0.2, 0) is 0 Å². The first-order chi connectivity index (χ1) is 5.79. The maximum Gasteiger partial charge on any atom is 0.184 e. The highest BCUT2D eigenvalue weighted by molar-refractivity contribution is 7.30. The fourth-order valence-corrected chi connectivity index (χ4v) is 2.94. The van der Waals surface area contributed by atoms with Crippen LogP contribution in [0.2, 0.25) is 0 Å². The lowest BCUT2D eigenvalue weighted by atomic mass is 10.6. The van der Waals surface area contributed by atoms with Crippen LogP contribution in [0.3, 0.4) is 0 Å². The van der Waals surface area contributed by atoms with E-state index >= 15 is 0 Å². The normalized spacial score (nSPS) is 10.8. The van der Waals surface area contributed by atoms with Gasteiger partial charge in [-0.1, -0.05) is 22.7 Å². The SMILES string of the molecule is CCNc1nc2sc(N)cc2s1. The lowest BCUT2D eigenvalue weighted by molar-refractivity contribution is 1.20. The van der Waals surface area contributed by atoms with E-state index in [4.69, 9.17) is 5.73 Å². The van der Waals surface area contributed by atoms with Crippen LogP contribution in [0.25, 0.3) is 9.53 Å². The molecule has 0 radical (unpaired) electrons. The number of nitrogens with zero attached hydrogens (tertiary/aromatic N) is 1. The number of aromatic nitrogens is 1. The number of nitrogens with two attached hydrogens (primary N) is 1. The number of nitrogen functional groups attached to an aromatic ring is 1. The lowest BCUT2D eigenvalue weighted by Crippen LogP contribution is -1.94. The van der Waals surface area contributed by atoms with Gasteiger partial charge in [-0.2, -0.15) is 0 Å². The maximum absolute atomic E-state index is 5.62. The van der Waals surface area contributed by atoms with Crippen LogP contribution >= 0.6 is 22.7 Å². The summed E-state index contributed by atoms with van der Waals surface area (Å²) in [7, 11) is 0. The molecule has 0 fully saturated rings. The molecule has 5 heteroatoms. The van der Waals surface area contributed by atoms with Gasteiger partial charge in [-0.3, -0.25) is 0 Å². The number of hydrogen-bond donors (Lipinski definition) is 2. The van der Waals surface area contributed by atoms with Crippen molar-refractivity contribution in [1.82, 2.24) is 4.98 Å². The van der Waals surface area contributed by atoms with Crippen LogP contribution in [0.5, 0.6) is 0 Å². The van der Waals surface area contributed by atoms with Gasteiger partial charge in [0.25, 0.3) is 0 Å². The molecule has 0 aromatic carbocycles. The molecule has 2 heterocycles. The Kier molecular flexibility index (Phi) is 1.90. The molecule has 0 aliphatic rings. The molecule has 3 N–H and O–H groups in total. The third-order valence-corrected chi connectivity index (χ3v) is 3.38. The molecule has 0 bridgehead atoms. The van der Waals surface area contributed by atoms with E-state index in [9.17, 15) is 0 Å². The first kappa shape index (κ1) is 7.82. The fraction of sp³-hybridized carbons (Fsp3) is 0.286. The van der Waals surface area contributed by atoms with E-state index in [0.29, 0.717) is 0 Å². The zero-order chi connectivity index (χ0) is 8.55. The Labute approximate surface area is 78.2 Å². The van der Waals surface area contributed by atoms with E-state index in [1.54, 1.807) is 11.3 Å². The van der Waals surface area contributed by atoms with E-state index in [1.807, 2.05) is 6.07 Å². The zero-order valence-electron chi connectivity index (χ0n) is 6.63. The molecule has 0 saturated heterocycles. The molecule has 3 nitrogen and oxygen atoms in total. The average molecular weight is 199 g/mol. The standard InChI is InChI=1S/C7H9N3S2/c1-2-9-7-10-6-4(11-7)3-5(8)12-6/h3H,2,8H2,1H3,(H,9,10). The molecule has 2 aromatic rings. The van der Waals surface area contributed by atoms with Crippen molar-refractivity contribution in [3.8, 4) is 0 Å². The van der Waals surface area contributed by atoms with Gasteiger partial charge in [0.1, 0.15) is 4.83 Å². The number of hydrogen-bond acceptors (Lipinski definition) is 5. The summed E-state index contributed by atoms with van der Waals surface area (Å²) in [6, 6.07) is 1.97. The van der Waals surface area contributed by atoms with Crippen LogP contribution in [0.4, 0.5) is 10.1 Å². The van der Waals surface area contributed by atoms with Crippen molar-refractivity contribution in [3.63, 3.8) is 0 Å². The number of thiophene rings is 1. The largest absolute Gasteiger partial charge is 0.390 e. The van der Waals surface area contributed by atoms with E-state index in [-0.39, 0.29) is 0 Å². The van der Waals surface area contributed by atoms with Gasteiger partial charge in [0, 0.05) is 6.54 Å². The molecule has 0 unspecified atom stereocenters. The predicted molar refractivity (Wildman–Crippen MR) is 56.1 cm³/mol. The Morgan fingerprint density at radius 1 is 1.58 bits per heavy atom. The number of nitrogens with one attached hydrogen (secondary N) is 1. The van der Waals surface area contributed by atoms with Crippen LogP contribution in [0.15, 0.2) is 6.07 Å². The minimum Gasteiger partial charge on any atom is -0.390 e. The predicted octanol–water partition coefficient (Wildman–Crippen LogP) is 2.37. The molecular weight excluding hydrogens is 190 g/mol. The van der Waals surface area contributed by atoms with Gasteiger partial charge >= 0.3 is 0 Å². The fourth-order valence-electron chi connectivity index (χ4n) is 0.979. The summed E-state index contributed by atoms with van der Waals surface area (Å²) < 4.78 is 1.17. The Morgan fingerprint density at radius 2 is 2.42 bits per heavy atom. The summed E-state index contributed by atoms with van der Waals surface area (Å²) in [6.45, 7) is 2.97. The van der Waals surface area contributed by atoms with Gasteiger partial charge in [-0.05, 0) is 13.0 Å². The average Bonchev–Trinajstić information content (AvgIpc) is 2.44. The molecule has 0 atom stereocenters. The molecule has 0 aliphatic heterocycles. The molecule has 2 aromatic heterocycles. The van der Waals surface area contributed by atoms with Crippen molar-refractivity contribution in [3.05, 3.63) is 6.07 Å². The van der Waals surface area contributed by atoms with Crippen LogP contribution in [0, 0.1) is 0 Å². The molecule has 0 aliphatic carbocycles. The van der Waals surface area contributed by atoms with Crippen molar-refractivity contribution in [2.45, 2.75) is 6.92 Å². The number of rotatable bonds is 2. The van der Waals surface area contributed by atoms with Gasteiger partial charge in [0.05, 0.1) is 9.70 Å². The lowest BCUT2D eigenvalue weighted by Gasteiger charge is -1.92. The third kappa shape index (κ3) is 1.25. The second kappa shape index (κ2) is 2.91. The third-order valence-electron chi connectivity index (χ3n) is 1.44. The smallest absolute Gasteiger partial charge is 0.184 e. The van der Waals surface area contributed by atoms with Crippen LogP contribution in [-0.4, -0.2) is 11.5 Å². The first-order valence-corrected chi connectivity index (χ1v) is 5.32. The Hall–Kier alpha value is -0.810. The van der Waals surface area contributed by atoms with Crippen molar-refractivity contribution >= 4 is 42.3 Å². The quantitative estimate of drug-likeness (QED) is 0.780. The number of thiazole rings is 1. The maximum atomic E-state index is 5.62. The molecule has 2 rings (SSSR count). The summed E-state index contributed by atoms with van der Waals surface area (Å²) in [5.74, 6) is 0. The summed E-state index contributed by atoms with van der Waals surface area (Å²) >= 11 is 3.19. The van der Waals surface area contributed by atoms with Crippen molar-refractivity contribution in [2.75, 3.05) is 17.6 Å². The monoisotopic (exact) mass is 199 g/mol. The van der Waals surface area contributed by atoms with Crippen molar-refractivity contribution in [1.29, 1.82) is 0 Å². The molecule has 0 spiro atoms. The van der Waals surface area contributed by atoms with Crippen LogP contribution < -0.4 is 11.1 Å². The molecule has 12 heavy (non-hydrogen) atoms. The second-order valence-electron chi connectivity index (χ2n) is 2.37. The molecular formula is C7H9N3S2. The van der Waals surface area contributed by atoms with Crippen LogP contribution in [0.1, 0.15) is 6.92 Å². The van der Waals surface area contributed by atoms with Gasteiger partial charge in [0.2, 0.25) is 0 Å². The Balaban J connectivity index is 2.43. The number of anilines is 2. The minimum absolute atomic E-state index is 0.840. The highest BCUT2D eigenvalue weighted by atomic mass is 32.1. The van der Waals surface area contributed by atoms with Crippen molar-refractivity contribution in [2.24, 2.45) is 0 Å². The Morgan fingerprint density at radius 3 is 3.08 bits per heavy atom. The molecule has 0 amide bonds. The highest BCUT2D eigenvalue weighted by Gasteiger charge is 2.05. The molecule has 0 saturated carbocycles. The first-order valence-electron chi connectivity index (χ1n) is 3.69. The van der Waals surface area contributed by atoms with Gasteiger partial charge in [-0.25, -0.2) is 4.98 Å². The highest BCUT2D eigenvalue weighted by Crippen LogP contribution is 2.33. The second-order valence-corrected chi connectivity index (χ2v) is 4.46. The van der Waals surface area contributed by atoms with E-state index in [1.165, 1.54) is 16.0 Å². The summed E-state index contributed by atoms with van der Waals surface area (Å²) in [5, 5.41) is 5.00. The van der Waals surface area contributed by atoms with E-state index in [0.717, 1.165) is 21.5 Å². The summed E-state index contributed by atoms with van der Waals surface area (Å²) in [6.07, 6.45) is 0. The molecule has 64 valence electrons. The summed E-state index contributed by atoms with van der Waals surface area (Å²) in [4.78, 5) is 5.40. The van der Waals surface area contributed by atoms with Gasteiger partial charge in [-0.15, -0.1) is 0 Å². The summed E-state index contributed by atoms with van der Waals surface area (Å²) in [5.41, 5.74) is 5.62. The topological polar surface area (TPSA) is 50.9 Å². The zero-order valence-corrected chi connectivity index (χ0v) is 8.26. The van der Waals surface area contributed by atoms with E-state index < -0.39 is 0 Å². The minimum atomic E-state index is 0.840. The van der Waals surface area contributed by atoms with Gasteiger partial charge < -0.3 is 11.1 Å². The Bertz CT molecular complexity index is 359. The van der Waals surface area contributed by atoms with Gasteiger partial charge in [0.15, 0.2) is 5.13 Å². The van der Waals surface area contributed by atoms with E-state index in [2.05, 4.69) is 17.2 Å². The van der Waals surface area contributed by atoms with Crippen molar-refractivity contribution < 1.29 is 0 Å².